The first-order chi connectivity index (χ1) is 18.0. The second-order valence-corrected chi connectivity index (χ2v) is 8.75. The Balaban J connectivity index is 1.60. The Morgan fingerprint density at radius 1 is 0.973 bits per heavy atom. The number of hydrogen-bond acceptors (Lipinski definition) is 8. The van der Waals surface area contributed by atoms with E-state index in [1.54, 1.807) is 43.9 Å². The fourth-order valence-electron chi connectivity index (χ4n) is 3.66. The average Bonchev–Trinajstić information content (AvgIpc) is 3.47. The smallest absolute Gasteiger partial charge is 0.281 e. The Morgan fingerprint density at radius 2 is 1.81 bits per heavy atom. The third kappa shape index (κ3) is 6.10. The highest BCUT2D eigenvalue weighted by Gasteiger charge is 2.16. The van der Waals surface area contributed by atoms with Crippen LogP contribution in [0.15, 0.2) is 69.5 Å². The Labute approximate surface area is 217 Å². The van der Waals surface area contributed by atoms with Gasteiger partial charge in [-0.1, -0.05) is 24.3 Å². The summed E-state index contributed by atoms with van der Waals surface area (Å²) in [5, 5.41) is 9.50. The summed E-state index contributed by atoms with van der Waals surface area (Å²) >= 11 is 1.28. The van der Waals surface area contributed by atoms with Gasteiger partial charge in [-0.3, -0.25) is 9.59 Å². The first-order valence-corrected chi connectivity index (χ1v) is 12.5. The second kappa shape index (κ2) is 12.1. The van der Waals surface area contributed by atoms with Crippen molar-refractivity contribution in [2.75, 3.05) is 27.4 Å². The second-order valence-electron chi connectivity index (χ2n) is 7.80. The van der Waals surface area contributed by atoms with Gasteiger partial charge in [0.05, 0.1) is 25.7 Å². The molecule has 4 aromatic rings. The summed E-state index contributed by atoms with van der Waals surface area (Å²) in [5.74, 6) is 0.976. The summed E-state index contributed by atoms with van der Waals surface area (Å²) in [5.41, 5.74) is 4.02. The van der Waals surface area contributed by atoms with Crippen molar-refractivity contribution in [2.24, 2.45) is 5.10 Å². The van der Waals surface area contributed by atoms with Crippen molar-refractivity contribution in [1.82, 2.24) is 10.7 Å². The van der Waals surface area contributed by atoms with Gasteiger partial charge >= 0.3 is 0 Å². The van der Waals surface area contributed by atoms with Gasteiger partial charge in [-0.2, -0.15) is 0 Å². The van der Waals surface area contributed by atoms with Gasteiger partial charge in [-0.15, -0.1) is 16.4 Å². The molecule has 9 nitrogen and oxygen atoms in total. The zero-order chi connectivity index (χ0) is 26.2. The molecule has 0 aliphatic carbocycles. The molecule has 0 saturated carbocycles. The predicted molar refractivity (Wildman–Crippen MR) is 140 cm³/mol. The van der Waals surface area contributed by atoms with Gasteiger partial charge in [0.1, 0.15) is 5.56 Å². The van der Waals surface area contributed by atoms with Crippen LogP contribution in [-0.2, 0) is 6.42 Å². The number of benzene rings is 2. The Hall–Kier alpha value is -4.31. The molecule has 2 aromatic carbocycles. The number of para-hydroxylation sites is 1. The number of methoxy groups -OCH3 is 2. The number of hydrogen-bond donors (Lipinski definition) is 2. The van der Waals surface area contributed by atoms with Crippen molar-refractivity contribution in [3.05, 3.63) is 81.5 Å². The van der Waals surface area contributed by atoms with Crippen LogP contribution in [0.5, 0.6) is 17.2 Å². The monoisotopic (exact) mass is 521 g/mol. The van der Waals surface area contributed by atoms with Crippen LogP contribution in [0, 0.1) is 0 Å². The number of ether oxygens (including phenoxy) is 3. The molecule has 0 spiro atoms. The number of nitrogens with one attached hydrogen (secondary N) is 2. The fraction of sp³-hybridized carbons (Fsp3) is 0.222. The quantitative estimate of drug-likeness (QED) is 0.304. The molecule has 4 rings (SSSR count). The molecule has 2 aromatic heterocycles. The molecule has 2 heterocycles. The number of nitrogens with zero attached hydrogens (tertiary/aromatic N) is 1. The number of fused-ring (bicyclic) bond motifs is 1. The third-order valence-corrected chi connectivity index (χ3v) is 6.30. The maximum absolute atomic E-state index is 13.2. The van der Waals surface area contributed by atoms with E-state index in [0.29, 0.717) is 52.7 Å². The van der Waals surface area contributed by atoms with E-state index in [0.717, 1.165) is 5.56 Å². The van der Waals surface area contributed by atoms with E-state index < -0.39 is 11.8 Å². The number of rotatable bonds is 10. The summed E-state index contributed by atoms with van der Waals surface area (Å²) in [6.45, 7) is 2.66. The van der Waals surface area contributed by atoms with Gasteiger partial charge in [-0.25, -0.2) is 5.43 Å². The van der Waals surface area contributed by atoms with Crippen molar-refractivity contribution in [3.8, 4) is 17.2 Å². The van der Waals surface area contributed by atoms with E-state index in [-0.39, 0.29) is 11.1 Å². The van der Waals surface area contributed by atoms with Crippen molar-refractivity contribution < 1.29 is 28.2 Å². The predicted octanol–water partition coefficient (Wildman–Crippen LogP) is 4.13. The first kappa shape index (κ1) is 25.8. The van der Waals surface area contributed by atoms with Crippen LogP contribution < -0.4 is 30.5 Å². The van der Waals surface area contributed by atoms with Crippen molar-refractivity contribution in [2.45, 2.75) is 13.3 Å². The first-order valence-electron chi connectivity index (χ1n) is 11.6. The largest absolute Gasteiger partial charge is 0.493 e. The van der Waals surface area contributed by atoms with Crippen LogP contribution in [0.3, 0.4) is 0 Å². The van der Waals surface area contributed by atoms with Gasteiger partial charge in [0, 0.05) is 11.9 Å². The Morgan fingerprint density at radius 3 is 2.54 bits per heavy atom. The molecule has 0 atom stereocenters. The molecule has 0 radical (unpaired) electrons. The molecule has 0 unspecified atom stereocenters. The molecule has 10 heteroatoms. The topological polar surface area (TPSA) is 111 Å². The lowest BCUT2D eigenvalue weighted by atomic mass is 10.1. The molecule has 0 saturated heterocycles. The average molecular weight is 522 g/mol. The molecule has 192 valence electrons. The summed E-state index contributed by atoms with van der Waals surface area (Å²) in [4.78, 5) is 26.1. The molecular weight excluding hydrogens is 494 g/mol. The van der Waals surface area contributed by atoms with Crippen LogP contribution in [0.4, 0.5) is 0 Å². The fourth-order valence-corrected chi connectivity index (χ4v) is 4.27. The highest BCUT2D eigenvalue weighted by molar-refractivity contribution is 7.12. The molecule has 0 aliphatic rings. The lowest BCUT2D eigenvalue weighted by molar-refractivity contribution is 0.0936. The van der Waals surface area contributed by atoms with E-state index in [2.05, 4.69) is 15.8 Å². The van der Waals surface area contributed by atoms with E-state index in [1.165, 1.54) is 11.3 Å². The van der Waals surface area contributed by atoms with Crippen molar-refractivity contribution in [3.63, 3.8) is 0 Å². The van der Waals surface area contributed by atoms with Crippen LogP contribution in [0.2, 0.25) is 0 Å². The normalized spacial score (nSPS) is 11.3. The summed E-state index contributed by atoms with van der Waals surface area (Å²) < 4.78 is 22.3. The molecular formula is C27H27N3O6S. The minimum Gasteiger partial charge on any atom is -0.493 e. The van der Waals surface area contributed by atoms with Crippen molar-refractivity contribution in [1.29, 1.82) is 0 Å². The number of thiophene rings is 1. The number of carbonyl (C=O) groups is 2. The molecule has 0 fully saturated rings. The highest BCUT2D eigenvalue weighted by atomic mass is 32.1. The highest BCUT2D eigenvalue weighted by Crippen LogP contribution is 2.28. The summed E-state index contributed by atoms with van der Waals surface area (Å²) in [7, 11) is 3.15. The van der Waals surface area contributed by atoms with Gasteiger partial charge in [0.15, 0.2) is 22.8 Å². The molecule has 2 N–H and O–H groups in total. The van der Waals surface area contributed by atoms with Crippen LogP contribution in [0.25, 0.3) is 11.0 Å². The van der Waals surface area contributed by atoms with E-state index in [1.807, 2.05) is 37.3 Å². The van der Waals surface area contributed by atoms with Crippen LogP contribution in [0.1, 0.15) is 32.5 Å². The molecule has 37 heavy (non-hydrogen) atoms. The summed E-state index contributed by atoms with van der Waals surface area (Å²) in [6.07, 6.45) is 0.562. The molecule has 0 aliphatic heterocycles. The van der Waals surface area contributed by atoms with Crippen LogP contribution in [-0.4, -0.2) is 39.2 Å². The van der Waals surface area contributed by atoms with Gasteiger partial charge in [0.2, 0.25) is 5.55 Å². The minimum atomic E-state index is -0.400. The van der Waals surface area contributed by atoms with Crippen LogP contribution >= 0.6 is 11.3 Å². The van der Waals surface area contributed by atoms with Gasteiger partial charge in [-0.05, 0) is 54.6 Å². The number of carbonyl (C=O) groups excluding carboxylic acids is 2. The number of amides is 2. The third-order valence-electron chi connectivity index (χ3n) is 5.43. The van der Waals surface area contributed by atoms with E-state index in [4.69, 9.17) is 18.6 Å². The maximum Gasteiger partial charge on any atom is 0.281 e. The lowest BCUT2D eigenvalue weighted by Crippen LogP contribution is -2.32. The zero-order valence-electron chi connectivity index (χ0n) is 20.7. The minimum absolute atomic E-state index is 0.0341. The maximum atomic E-state index is 13.2. The molecule has 2 amide bonds. The Bertz CT molecular complexity index is 1460. The van der Waals surface area contributed by atoms with Gasteiger partial charge < -0.3 is 23.9 Å². The Kier molecular flexibility index (Phi) is 8.42. The van der Waals surface area contributed by atoms with Crippen molar-refractivity contribution >= 4 is 34.1 Å². The molecule has 0 bridgehead atoms. The lowest BCUT2D eigenvalue weighted by Gasteiger charge is -2.11. The van der Waals surface area contributed by atoms with E-state index in [9.17, 15) is 9.59 Å². The summed E-state index contributed by atoms with van der Waals surface area (Å²) in [6, 6.07) is 16.1. The van der Waals surface area contributed by atoms with Gasteiger partial charge in [0.25, 0.3) is 11.8 Å². The zero-order valence-corrected chi connectivity index (χ0v) is 21.5. The SMILES string of the molecule is CCOc1cccc2cc(C(=O)NCCc3ccc(OC)c(OC)c3)/c(=N/NC(=O)c3cccs3)oc12. The standard InChI is InChI=1S/C27H27N3O6S/c1-4-35-21-8-5-7-18-16-19(27(36-24(18)21)30-29-26(32)23-9-6-14-37-23)25(31)28-13-12-17-10-11-20(33-2)22(15-17)34-3/h5-11,14-16H,4,12-13H2,1-3H3,(H,28,31)(H,29,32)/b30-27-. The van der Waals surface area contributed by atoms with E-state index >= 15 is 0 Å².